The van der Waals surface area contributed by atoms with E-state index in [9.17, 15) is 4.79 Å². The molecule has 1 aliphatic rings. The van der Waals surface area contributed by atoms with Gasteiger partial charge in [0.25, 0.3) is 0 Å². The normalized spacial score (nSPS) is 16.4. The first kappa shape index (κ1) is 17.0. The van der Waals surface area contributed by atoms with Gasteiger partial charge in [0.15, 0.2) is 0 Å². The van der Waals surface area contributed by atoms with Gasteiger partial charge in [0.1, 0.15) is 6.07 Å². The molecular weight excluding hydrogens is 314 g/mol. The summed E-state index contributed by atoms with van der Waals surface area (Å²) in [4.78, 5) is 14.2. The molecule has 2 aromatic rings. The number of urea groups is 1. The number of carbonyl (C=O) groups is 1. The predicted molar refractivity (Wildman–Crippen MR) is 96.0 cm³/mol. The molecule has 1 atom stereocenters. The first-order chi connectivity index (χ1) is 12.3. The fourth-order valence-electron chi connectivity index (χ4n) is 2.95. The van der Waals surface area contributed by atoms with Crippen LogP contribution in [0.2, 0.25) is 0 Å². The summed E-state index contributed by atoms with van der Waals surface area (Å²) >= 11 is 0. The molecule has 5 nitrogen and oxygen atoms in total. The Labute approximate surface area is 147 Å². The number of carbonyl (C=O) groups excluding carboxylic acids is 1. The Morgan fingerprint density at radius 2 is 1.96 bits per heavy atom. The lowest BCUT2D eigenvalue weighted by molar-refractivity contribution is 0.0900. The van der Waals surface area contributed by atoms with Crippen molar-refractivity contribution in [2.24, 2.45) is 5.92 Å². The fraction of sp³-hybridized carbons (Fsp3) is 0.300. The van der Waals surface area contributed by atoms with Gasteiger partial charge < -0.3 is 15.0 Å². The van der Waals surface area contributed by atoms with E-state index >= 15 is 0 Å². The molecule has 0 radical (unpaired) electrons. The zero-order chi connectivity index (χ0) is 17.5. The zero-order valence-electron chi connectivity index (χ0n) is 14.0. The lowest BCUT2D eigenvalue weighted by Gasteiger charge is -2.18. The number of benzene rings is 2. The summed E-state index contributed by atoms with van der Waals surface area (Å²) in [6, 6.07) is 19.0. The number of likely N-dealkylation sites (tertiary alicyclic amines) is 1. The molecule has 2 amide bonds. The highest BCUT2D eigenvalue weighted by Crippen LogP contribution is 2.20. The van der Waals surface area contributed by atoms with Crippen molar-refractivity contribution in [1.29, 1.82) is 5.26 Å². The van der Waals surface area contributed by atoms with Crippen LogP contribution in [-0.4, -0.2) is 30.6 Å². The van der Waals surface area contributed by atoms with Gasteiger partial charge in [-0.3, -0.25) is 0 Å². The van der Waals surface area contributed by atoms with E-state index in [-0.39, 0.29) is 6.03 Å². The van der Waals surface area contributed by atoms with E-state index in [1.807, 2.05) is 30.3 Å². The van der Waals surface area contributed by atoms with Crippen molar-refractivity contribution in [2.75, 3.05) is 25.0 Å². The zero-order valence-corrected chi connectivity index (χ0v) is 14.0. The molecule has 5 heteroatoms. The summed E-state index contributed by atoms with van der Waals surface area (Å²) < 4.78 is 5.79. The monoisotopic (exact) mass is 335 g/mol. The van der Waals surface area contributed by atoms with Crippen molar-refractivity contribution in [2.45, 2.75) is 13.0 Å². The first-order valence-corrected chi connectivity index (χ1v) is 8.43. The molecule has 128 valence electrons. The average molecular weight is 335 g/mol. The average Bonchev–Trinajstić information content (AvgIpc) is 3.12. The van der Waals surface area contributed by atoms with Crippen LogP contribution < -0.4 is 5.32 Å². The lowest BCUT2D eigenvalue weighted by Crippen LogP contribution is -2.33. The Balaban J connectivity index is 1.46. The Morgan fingerprint density at radius 3 is 2.76 bits per heavy atom. The molecular formula is C20H21N3O2. The van der Waals surface area contributed by atoms with Crippen LogP contribution in [0.25, 0.3) is 0 Å². The molecule has 0 unspecified atom stereocenters. The number of nitrogens with one attached hydrogen (secondary N) is 1. The molecule has 0 spiro atoms. The van der Waals surface area contributed by atoms with Gasteiger partial charge >= 0.3 is 6.03 Å². The number of hydrogen-bond donors (Lipinski definition) is 1. The van der Waals surface area contributed by atoms with Gasteiger partial charge in [-0.15, -0.1) is 0 Å². The Kier molecular flexibility index (Phi) is 5.65. The number of hydrogen-bond acceptors (Lipinski definition) is 3. The number of amides is 2. The molecule has 1 heterocycles. The second kappa shape index (κ2) is 8.32. The van der Waals surface area contributed by atoms with E-state index in [0.29, 0.717) is 43.5 Å². The molecule has 2 aromatic carbocycles. The summed E-state index contributed by atoms with van der Waals surface area (Å²) in [5, 5.41) is 11.9. The number of para-hydroxylation sites is 1. The largest absolute Gasteiger partial charge is 0.376 e. The number of ether oxygens (including phenoxy) is 1. The van der Waals surface area contributed by atoms with Gasteiger partial charge in [-0.05, 0) is 24.1 Å². The summed E-state index contributed by atoms with van der Waals surface area (Å²) in [7, 11) is 0. The minimum atomic E-state index is -0.159. The van der Waals surface area contributed by atoms with E-state index in [2.05, 4.69) is 11.4 Å². The molecule has 1 fully saturated rings. The van der Waals surface area contributed by atoms with Crippen LogP contribution in [0.5, 0.6) is 0 Å². The quantitative estimate of drug-likeness (QED) is 0.907. The van der Waals surface area contributed by atoms with Crippen molar-refractivity contribution >= 4 is 11.7 Å². The van der Waals surface area contributed by atoms with Gasteiger partial charge in [0, 0.05) is 19.0 Å². The van der Waals surface area contributed by atoms with Crippen LogP contribution in [0.1, 0.15) is 17.5 Å². The highest BCUT2D eigenvalue weighted by molar-refractivity contribution is 5.90. The van der Waals surface area contributed by atoms with Gasteiger partial charge in [-0.1, -0.05) is 42.5 Å². The molecule has 25 heavy (non-hydrogen) atoms. The number of rotatable bonds is 5. The molecule has 0 aromatic heterocycles. The second-order valence-corrected chi connectivity index (χ2v) is 6.19. The third kappa shape index (κ3) is 4.59. The van der Waals surface area contributed by atoms with Crippen molar-refractivity contribution in [3.05, 3.63) is 65.7 Å². The predicted octanol–water partition coefficient (Wildman–Crippen LogP) is 3.63. The van der Waals surface area contributed by atoms with Crippen molar-refractivity contribution < 1.29 is 9.53 Å². The van der Waals surface area contributed by atoms with Gasteiger partial charge in [-0.25, -0.2) is 4.79 Å². The summed E-state index contributed by atoms with van der Waals surface area (Å²) in [6.45, 7) is 2.63. The van der Waals surface area contributed by atoms with Crippen LogP contribution in [0.15, 0.2) is 54.6 Å². The maximum absolute atomic E-state index is 12.4. The van der Waals surface area contributed by atoms with E-state index in [1.54, 1.807) is 29.2 Å². The number of nitrogens with zero attached hydrogens (tertiary/aromatic N) is 2. The standard InChI is InChI=1S/C20H21N3O2/c21-12-18-8-4-5-9-19(18)22-20(24)23-11-10-17(13-23)15-25-14-16-6-2-1-3-7-16/h1-9,17H,10-11,13-15H2,(H,22,24)/t17-/m1/s1. The highest BCUT2D eigenvalue weighted by atomic mass is 16.5. The highest BCUT2D eigenvalue weighted by Gasteiger charge is 2.26. The smallest absolute Gasteiger partial charge is 0.321 e. The Bertz CT molecular complexity index is 755. The Morgan fingerprint density at radius 1 is 1.20 bits per heavy atom. The maximum Gasteiger partial charge on any atom is 0.321 e. The van der Waals surface area contributed by atoms with Crippen LogP contribution >= 0.6 is 0 Å². The van der Waals surface area contributed by atoms with E-state index in [1.165, 1.54) is 0 Å². The molecule has 0 bridgehead atoms. The van der Waals surface area contributed by atoms with Crippen molar-refractivity contribution in [1.82, 2.24) is 4.90 Å². The van der Waals surface area contributed by atoms with Crippen LogP contribution in [-0.2, 0) is 11.3 Å². The van der Waals surface area contributed by atoms with Crippen molar-refractivity contribution in [3.8, 4) is 6.07 Å². The van der Waals surface area contributed by atoms with Crippen LogP contribution in [0.3, 0.4) is 0 Å². The van der Waals surface area contributed by atoms with E-state index in [4.69, 9.17) is 10.00 Å². The summed E-state index contributed by atoms with van der Waals surface area (Å²) in [5.41, 5.74) is 2.18. The molecule has 0 saturated carbocycles. The minimum absolute atomic E-state index is 0.159. The van der Waals surface area contributed by atoms with Crippen LogP contribution in [0, 0.1) is 17.2 Å². The number of anilines is 1. The topological polar surface area (TPSA) is 65.4 Å². The molecule has 1 saturated heterocycles. The van der Waals surface area contributed by atoms with Crippen molar-refractivity contribution in [3.63, 3.8) is 0 Å². The SMILES string of the molecule is N#Cc1ccccc1NC(=O)N1CC[C@@H](COCc2ccccc2)C1. The third-order valence-electron chi connectivity index (χ3n) is 4.33. The third-order valence-corrected chi connectivity index (χ3v) is 4.33. The Hall–Kier alpha value is -2.84. The lowest BCUT2D eigenvalue weighted by atomic mass is 10.1. The summed E-state index contributed by atoms with van der Waals surface area (Å²) in [6.07, 6.45) is 0.933. The van der Waals surface area contributed by atoms with Gasteiger partial charge in [0.05, 0.1) is 24.5 Å². The van der Waals surface area contributed by atoms with Gasteiger partial charge in [-0.2, -0.15) is 5.26 Å². The van der Waals surface area contributed by atoms with Gasteiger partial charge in [0.2, 0.25) is 0 Å². The molecule has 0 aliphatic carbocycles. The minimum Gasteiger partial charge on any atom is -0.376 e. The summed E-state index contributed by atoms with van der Waals surface area (Å²) in [5.74, 6) is 0.348. The fourth-order valence-corrected chi connectivity index (χ4v) is 2.95. The molecule has 1 N–H and O–H groups in total. The molecule has 1 aliphatic heterocycles. The maximum atomic E-state index is 12.4. The van der Waals surface area contributed by atoms with E-state index in [0.717, 1.165) is 12.0 Å². The van der Waals surface area contributed by atoms with E-state index < -0.39 is 0 Å². The van der Waals surface area contributed by atoms with Crippen LogP contribution in [0.4, 0.5) is 10.5 Å². The second-order valence-electron chi connectivity index (χ2n) is 6.19. The first-order valence-electron chi connectivity index (χ1n) is 8.43. The molecule has 3 rings (SSSR count). The number of nitriles is 1.